The highest BCUT2D eigenvalue weighted by Gasteiger charge is 2.29. The van der Waals surface area contributed by atoms with Crippen molar-refractivity contribution in [1.29, 1.82) is 0 Å². The summed E-state index contributed by atoms with van der Waals surface area (Å²) in [6.07, 6.45) is 5.43. The molecule has 2 aromatic heterocycles. The van der Waals surface area contributed by atoms with Crippen LogP contribution < -0.4 is 15.9 Å². The maximum absolute atomic E-state index is 12.4. The average molecular weight is 344 g/mol. The van der Waals surface area contributed by atoms with Gasteiger partial charge in [0, 0.05) is 23.7 Å². The van der Waals surface area contributed by atoms with Crippen LogP contribution in [0, 0.1) is 6.92 Å². The summed E-state index contributed by atoms with van der Waals surface area (Å²) in [6, 6.07) is 3.34. The van der Waals surface area contributed by atoms with Gasteiger partial charge in [-0.3, -0.25) is 10.4 Å². The van der Waals surface area contributed by atoms with Crippen LogP contribution in [0.1, 0.15) is 40.3 Å². The van der Waals surface area contributed by atoms with Gasteiger partial charge in [0.25, 0.3) is 0 Å². The molecule has 8 heteroatoms. The van der Waals surface area contributed by atoms with Crippen molar-refractivity contribution < 1.29 is 13.9 Å². The molecule has 1 aliphatic rings. The highest BCUT2D eigenvalue weighted by molar-refractivity contribution is 7.80. The van der Waals surface area contributed by atoms with Gasteiger partial charge in [-0.25, -0.2) is 4.79 Å². The molecule has 0 saturated carbocycles. The predicted octanol–water partition coefficient (Wildman–Crippen LogP) is 2.08. The first-order valence-corrected chi connectivity index (χ1v) is 7.84. The smallest absolute Gasteiger partial charge is 0.379 e. The molecule has 0 aliphatic heterocycles. The molecule has 0 unspecified atom stereocenters. The van der Waals surface area contributed by atoms with Crippen molar-refractivity contribution in [2.45, 2.75) is 26.2 Å². The van der Waals surface area contributed by atoms with Crippen LogP contribution in [0.15, 0.2) is 34.0 Å². The molecule has 0 atom stereocenters. The normalized spacial score (nSPS) is 15.0. The molecular weight excluding hydrogens is 328 g/mol. The Kier molecular flexibility index (Phi) is 4.57. The fourth-order valence-corrected chi connectivity index (χ4v) is 2.70. The molecular formula is C16H16N4O3S. The molecule has 0 amide bonds. The van der Waals surface area contributed by atoms with E-state index < -0.39 is 5.97 Å². The van der Waals surface area contributed by atoms with Crippen LogP contribution in [0.2, 0.25) is 0 Å². The minimum atomic E-state index is -0.559. The molecule has 2 aromatic rings. The summed E-state index contributed by atoms with van der Waals surface area (Å²) in [7, 11) is 0. The number of pyridine rings is 1. The minimum absolute atomic E-state index is 0.0898. The topological polar surface area (TPSA) is 103 Å². The third-order valence-electron chi connectivity index (χ3n) is 3.66. The number of hydrogen-bond donors (Lipinski definition) is 2. The second-order valence-electron chi connectivity index (χ2n) is 5.32. The van der Waals surface area contributed by atoms with Crippen LogP contribution in [0.25, 0.3) is 0 Å². The molecule has 3 N–H and O–H groups in total. The van der Waals surface area contributed by atoms with Crippen LogP contribution in [0.4, 0.5) is 0 Å². The van der Waals surface area contributed by atoms with Gasteiger partial charge < -0.3 is 14.9 Å². The molecule has 0 fully saturated rings. The van der Waals surface area contributed by atoms with E-state index in [1.54, 1.807) is 18.3 Å². The number of carbonyl (C=O) groups is 1. The molecule has 0 aromatic carbocycles. The lowest BCUT2D eigenvalue weighted by Gasteiger charge is -2.13. The fraction of sp³-hybridized carbons (Fsp3) is 0.250. The van der Waals surface area contributed by atoms with Crippen LogP contribution in [-0.2, 0) is 6.42 Å². The minimum Gasteiger partial charge on any atom is -0.453 e. The number of ether oxygens (including phenoxy) is 1. The van der Waals surface area contributed by atoms with E-state index in [9.17, 15) is 4.79 Å². The van der Waals surface area contributed by atoms with Gasteiger partial charge in [-0.2, -0.15) is 5.10 Å². The maximum Gasteiger partial charge on any atom is 0.379 e. The number of aromatic nitrogens is 1. The first-order valence-electron chi connectivity index (χ1n) is 7.43. The molecule has 124 valence electrons. The first kappa shape index (κ1) is 16.1. The summed E-state index contributed by atoms with van der Waals surface area (Å²) >= 11 is 4.77. The van der Waals surface area contributed by atoms with E-state index >= 15 is 0 Å². The predicted molar refractivity (Wildman–Crippen MR) is 92.0 cm³/mol. The zero-order valence-corrected chi connectivity index (χ0v) is 13.9. The summed E-state index contributed by atoms with van der Waals surface area (Å²) < 4.78 is 11.0. The Morgan fingerprint density at radius 2 is 2.33 bits per heavy atom. The standard InChI is InChI=1S/C16H16N4O3S/c1-9-13-11(19-20-16(17)24)5-2-6-12(13)23-14(9)15(21)22-10-4-3-7-18-8-10/h3-4,7-8H,2,5-6H2,1H3,(H3,17,20,24)/b19-11+. The Hall–Kier alpha value is -2.74. The zero-order chi connectivity index (χ0) is 17.1. The summed E-state index contributed by atoms with van der Waals surface area (Å²) in [6.45, 7) is 1.81. The first-order chi connectivity index (χ1) is 11.6. The van der Waals surface area contributed by atoms with Crippen molar-refractivity contribution in [3.05, 3.63) is 47.2 Å². The van der Waals surface area contributed by atoms with Crippen LogP contribution in [0.3, 0.4) is 0 Å². The fourth-order valence-electron chi connectivity index (χ4n) is 2.66. The van der Waals surface area contributed by atoms with E-state index in [0.29, 0.717) is 11.3 Å². The SMILES string of the molecule is Cc1c(C(=O)Oc2cccnc2)oc2c1/C(=N/NC(N)=S)CCC2. The number of carbonyl (C=O) groups excluding carboxylic acids is 1. The van der Waals surface area contributed by atoms with Crippen molar-refractivity contribution in [3.8, 4) is 5.75 Å². The molecule has 2 heterocycles. The van der Waals surface area contributed by atoms with Gasteiger partial charge in [0.15, 0.2) is 5.11 Å². The van der Waals surface area contributed by atoms with Crippen molar-refractivity contribution in [3.63, 3.8) is 0 Å². The number of rotatable bonds is 3. The van der Waals surface area contributed by atoms with Gasteiger partial charge in [0.05, 0.1) is 11.9 Å². The van der Waals surface area contributed by atoms with E-state index in [0.717, 1.165) is 36.3 Å². The highest BCUT2D eigenvalue weighted by atomic mass is 32.1. The van der Waals surface area contributed by atoms with E-state index in [1.165, 1.54) is 6.20 Å². The van der Waals surface area contributed by atoms with Gasteiger partial charge in [0.1, 0.15) is 11.5 Å². The van der Waals surface area contributed by atoms with Crippen LogP contribution >= 0.6 is 12.2 Å². The van der Waals surface area contributed by atoms with Crippen molar-refractivity contribution in [2.24, 2.45) is 10.8 Å². The monoisotopic (exact) mass is 344 g/mol. The number of hydrogen-bond acceptors (Lipinski definition) is 6. The average Bonchev–Trinajstić information content (AvgIpc) is 2.91. The number of furan rings is 1. The Bertz CT molecular complexity index is 814. The summed E-state index contributed by atoms with van der Waals surface area (Å²) in [5.41, 5.74) is 10.3. The largest absolute Gasteiger partial charge is 0.453 e. The number of fused-ring (bicyclic) bond motifs is 1. The lowest BCUT2D eigenvalue weighted by molar-refractivity contribution is 0.0697. The van der Waals surface area contributed by atoms with E-state index in [2.05, 4.69) is 15.5 Å². The van der Waals surface area contributed by atoms with Crippen LogP contribution in [0.5, 0.6) is 5.75 Å². The Labute approximate surface area is 143 Å². The Morgan fingerprint density at radius 1 is 1.50 bits per heavy atom. The molecule has 0 saturated heterocycles. The molecule has 24 heavy (non-hydrogen) atoms. The number of aryl methyl sites for hydroxylation is 1. The van der Waals surface area contributed by atoms with Gasteiger partial charge >= 0.3 is 5.97 Å². The molecule has 0 spiro atoms. The molecule has 3 rings (SSSR count). The Morgan fingerprint density at radius 3 is 3.04 bits per heavy atom. The number of esters is 1. The number of hydrazone groups is 1. The molecule has 7 nitrogen and oxygen atoms in total. The quantitative estimate of drug-likeness (QED) is 0.499. The molecule has 0 bridgehead atoms. The lowest BCUT2D eigenvalue weighted by atomic mass is 9.93. The van der Waals surface area contributed by atoms with Gasteiger partial charge in [0.2, 0.25) is 5.76 Å². The third-order valence-corrected chi connectivity index (χ3v) is 3.75. The van der Waals surface area contributed by atoms with E-state index in [1.807, 2.05) is 6.92 Å². The van der Waals surface area contributed by atoms with Crippen molar-refractivity contribution in [2.75, 3.05) is 0 Å². The Balaban J connectivity index is 1.90. The van der Waals surface area contributed by atoms with Crippen molar-refractivity contribution >= 4 is 29.0 Å². The second kappa shape index (κ2) is 6.79. The van der Waals surface area contributed by atoms with Crippen LogP contribution in [-0.4, -0.2) is 21.8 Å². The van der Waals surface area contributed by atoms with E-state index in [4.69, 9.17) is 27.1 Å². The zero-order valence-electron chi connectivity index (χ0n) is 13.0. The third kappa shape index (κ3) is 3.28. The number of thiocarbonyl (C=S) groups is 1. The molecule has 1 aliphatic carbocycles. The summed E-state index contributed by atoms with van der Waals surface area (Å²) in [5.74, 6) is 0.700. The number of nitrogens with zero attached hydrogens (tertiary/aromatic N) is 2. The highest BCUT2D eigenvalue weighted by Crippen LogP contribution is 2.30. The number of nitrogens with two attached hydrogens (primary N) is 1. The van der Waals surface area contributed by atoms with Gasteiger partial charge in [-0.15, -0.1) is 0 Å². The van der Waals surface area contributed by atoms with Crippen molar-refractivity contribution in [1.82, 2.24) is 10.4 Å². The maximum atomic E-state index is 12.4. The summed E-state index contributed by atoms with van der Waals surface area (Å²) in [5, 5.41) is 4.31. The number of nitrogens with one attached hydrogen (secondary N) is 1. The lowest BCUT2D eigenvalue weighted by Crippen LogP contribution is -2.26. The van der Waals surface area contributed by atoms with E-state index in [-0.39, 0.29) is 10.9 Å². The second-order valence-corrected chi connectivity index (χ2v) is 5.76. The summed E-state index contributed by atoms with van der Waals surface area (Å²) in [4.78, 5) is 16.3. The molecule has 0 radical (unpaired) electrons. The van der Waals surface area contributed by atoms with Gasteiger partial charge in [-0.05, 0) is 44.1 Å². The van der Waals surface area contributed by atoms with Gasteiger partial charge in [-0.1, -0.05) is 0 Å².